The van der Waals surface area contributed by atoms with Crippen LogP contribution in [0.4, 0.5) is 0 Å². The van der Waals surface area contributed by atoms with Gasteiger partial charge in [0, 0.05) is 27.7 Å². The summed E-state index contributed by atoms with van der Waals surface area (Å²) < 4.78 is 5.07. The molecule has 0 bridgehead atoms. The van der Waals surface area contributed by atoms with E-state index in [4.69, 9.17) is 27.6 Å². The molecule has 1 heterocycles. The monoisotopic (exact) mass is 313 g/mol. The fourth-order valence-corrected chi connectivity index (χ4v) is 2.29. The summed E-state index contributed by atoms with van der Waals surface area (Å²) in [4.78, 5) is 11.8. The van der Waals surface area contributed by atoms with E-state index >= 15 is 0 Å². The quantitative estimate of drug-likeness (QED) is 0.909. The summed E-state index contributed by atoms with van der Waals surface area (Å²) in [7, 11) is 0. The van der Waals surface area contributed by atoms with Crippen LogP contribution in [0.25, 0.3) is 0 Å². The number of amides is 1. The Kier molecular flexibility index (Phi) is 4.70. The van der Waals surface area contributed by atoms with Crippen LogP contribution in [0.5, 0.6) is 0 Å². The van der Waals surface area contributed by atoms with Gasteiger partial charge in [-0.05, 0) is 25.1 Å². The van der Waals surface area contributed by atoms with Crippen LogP contribution in [0.15, 0.2) is 34.9 Å². The number of halogens is 2. The maximum absolute atomic E-state index is 11.8. The van der Waals surface area contributed by atoms with Crippen molar-refractivity contribution in [3.63, 3.8) is 0 Å². The molecule has 0 unspecified atom stereocenters. The zero-order valence-electron chi connectivity index (χ0n) is 10.7. The van der Waals surface area contributed by atoms with Crippen molar-refractivity contribution in [1.29, 1.82) is 0 Å². The molecule has 0 spiro atoms. The maximum Gasteiger partial charge on any atom is 0.287 e. The zero-order chi connectivity index (χ0) is 14.7. The minimum absolute atomic E-state index is 0.0281. The molecule has 1 aromatic carbocycles. The molecule has 0 aliphatic carbocycles. The first kappa shape index (κ1) is 14.9. The van der Waals surface area contributed by atoms with Gasteiger partial charge in [0.1, 0.15) is 0 Å². The lowest BCUT2D eigenvalue weighted by Gasteiger charge is -2.13. The number of hydrogen-bond acceptors (Lipinski definition) is 3. The van der Waals surface area contributed by atoms with Crippen LogP contribution in [-0.4, -0.2) is 17.6 Å². The Balaban J connectivity index is 2.00. The molecule has 2 aromatic rings. The third-order valence-corrected chi connectivity index (χ3v) is 3.41. The number of carbonyl (C=O) groups excluding carboxylic acids is 1. The molecule has 4 nitrogen and oxygen atoms in total. The average Bonchev–Trinajstić information content (AvgIpc) is 2.82. The molecule has 1 atom stereocenters. The topological polar surface area (TPSA) is 62.5 Å². The van der Waals surface area contributed by atoms with Crippen LogP contribution < -0.4 is 5.32 Å². The Bertz CT molecular complexity index is 625. The Hall–Kier alpha value is -1.49. The van der Waals surface area contributed by atoms with Crippen LogP contribution >= 0.6 is 23.2 Å². The molecular formula is C14H13Cl2NO3. The Morgan fingerprint density at radius 1 is 1.40 bits per heavy atom. The van der Waals surface area contributed by atoms with Gasteiger partial charge in [-0.15, -0.1) is 0 Å². The van der Waals surface area contributed by atoms with Crippen molar-refractivity contribution < 1.29 is 14.3 Å². The number of furan rings is 1. The molecular weight excluding hydrogens is 301 g/mol. The predicted octanol–water partition coefficient (Wildman–Crippen LogP) is 3.36. The number of hydrogen-bond donors (Lipinski definition) is 2. The molecule has 0 aliphatic rings. The Morgan fingerprint density at radius 2 is 2.15 bits per heavy atom. The molecule has 0 radical (unpaired) electrons. The van der Waals surface area contributed by atoms with Crippen molar-refractivity contribution in [3.8, 4) is 0 Å². The second kappa shape index (κ2) is 6.31. The van der Waals surface area contributed by atoms with Crippen LogP contribution in [0.2, 0.25) is 10.0 Å². The number of benzene rings is 1. The minimum Gasteiger partial charge on any atom is -0.459 e. The number of aliphatic hydroxyl groups is 1. The van der Waals surface area contributed by atoms with Crippen molar-refractivity contribution >= 4 is 29.1 Å². The van der Waals surface area contributed by atoms with Gasteiger partial charge in [-0.3, -0.25) is 4.79 Å². The molecule has 1 amide bonds. The first-order valence-corrected chi connectivity index (χ1v) is 6.70. The van der Waals surface area contributed by atoms with Crippen molar-refractivity contribution in [2.24, 2.45) is 0 Å². The molecule has 1 aromatic heterocycles. The lowest BCUT2D eigenvalue weighted by atomic mass is 10.1. The summed E-state index contributed by atoms with van der Waals surface area (Å²) in [5.41, 5.74) is 1.24. The van der Waals surface area contributed by atoms with E-state index in [1.807, 2.05) is 0 Å². The SMILES string of the molecule is Cc1ccoc1C(=O)NC[C@H](O)c1ccc(Cl)cc1Cl. The number of nitrogens with one attached hydrogen (secondary N) is 1. The van der Waals surface area contributed by atoms with Gasteiger partial charge in [0.25, 0.3) is 5.91 Å². The van der Waals surface area contributed by atoms with Gasteiger partial charge in [0.15, 0.2) is 5.76 Å². The first-order chi connectivity index (χ1) is 9.49. The second-order valence-electron chi connectivity index (χ2n) is 4.32. The molecule has 0 saturated heterocycles. The Labute approximate surface area is 126 Å². The van der Waals surface area contributed by atoms with Crippen LogP contribution in [-0.2, 0) is 0 Å². The van der Waals surface area contributed by atoms with E-state index < -0.39 is 6.10 Å². The fraction of sp³-hybridized carbons (Fsp3) is 0.214. The fourth-order valence-electron chi connectivity index (χ4n) is 1.76. The summed E-state index contributed by atoms with van der Waals surface area (Å²) in [6.45, 7) is 1.80. The molecule has 0 saturated carbocycles. The van der Waals surface area contributed by atoms with E-state index in [1.54, 1.807) is 31.2 Å². The van der Waals surface area contributed by atoms with Gasteiger partial charge in [0.05, 0.1) is 12.4 Å². The molecule has 2 N–H and O–H groups in total. The van der Waals surface area contributed by atoms with E-state index in [2.05, 4.69) is 5.32 Å². The van der Waals surface area contributed by atoms with E-state index in [0.29, 0.717) is 15.6 Å². The summed E-state index contributed by atoms with van der Waals surface area (Å²) >= 11 is 11.8. The van der Waals surface area contributed by atoms with Crippen molar-refractivity contribution in [2.45, 2.75) is 13.0 Å². The normalized spacial score (nSPS) is 12.2. The molecule has 106 valence electrons. The summed E-state index contributed by atoms with van der Waals surface area (Å²) in [5.74, 6) is -0.143. The van der Waals surface area contributed by atoms with Crippen molar-refractivity contribution in [3.05, 3.63) is 57.5 Å². The molecule has 0 fully saturated rings. The highest BCUT2D eigenvalue weighted by Crippen LogP contribution is 2.26. The van der Waals surface area contributed by atoms with Gasteiger partial charge in [-0.25, -0.2) is 0 Å². The third kappa shape index (κ3) is 3.33. The number of aliphatic hydroxyl groups excluding tert-OH is 1. The van der Waals surface area contributed by atoms with Gasteiger partial charge < -0.3 is 14.8 Å². The summed E-state index contributed by atoms with van der Waals surface area (Å²) in [6, 6.07) is 6.49. The van der Waals surface area contributed by atoms with E-state index in [1.165, 1.54) is 6.26 Å². The van der Waals surface area contributed by atoms with E-state index in [9.17, 15) is 9.90 Å². The lowest BCUT2D eigenvalue weighted by molar-refractivity contribution is 0.0888. The number of rotatable bonds is 4. The molecule has 2 rings (SSSR count). The van der Waals surface area contributed by atoms with Gasteiger partial charge in [-0.1, -0.05) is 29.3 Å². The average molecular weight is 314 g/mol. The molecule has 6 heteroatoms. The number of carbonyl (C=O) groups is 1. The smallest absolute Gasteiger partial charge is 0.287 e. The zero-order valence-corrected chi connectivity index (χ0v) is 12.2. The van der Waals surface area contributed by atoms with Crippen molar-refractivity contribution in [2.75, 3.05) is 6.54 Å². The molecule has 20 heavy (non-hydrogen) atoms. The Morgan fingerprint density at radius 3 is 2.75 bits per heavy atom. The van der Waals surface area contributed by atoms with Crippen LogP contribution in [0.1, 0.15) is 27.8 Å². The largest absolute Gasteiger partial charge is 0.459 e. The predicted molar refractivity (Wildman–Crippen MR) is 77.2 cm³/mol. The summed E-state index contributed by atoms with van der Waals surface area (Å²) in [5, 5.41) is 13.5. The molecule has 0 aliphatic heterocycles. The third-order valence-electron chi connectivity index (χ3n) is 2.85. The van der Waals surface area contributed by atoms with Gasteiger partial charge in [0.2, 0.25) is 0 Å². The van der Waals surface area contributed by atoms with Crippen molar-refractivity contribution in [1.82, 2.24) is 5.32 Å². The highest BCUT2D eigenvalue weighted by atomic mass is 35.5. The lowest BCUT2D eigenvalue weighted by Crippen LogP contribution is -2.28. The van der Waals surface area contributed by atoms with Gasteiger partial charge in [-0.2, -0.15) is 0 Å². The van der Waals surface area contributed by atoms with Crippen LogP contribution in [0.3, 0.4) is 0 Å². The first-order valence-electron chi connectivity index (χ1n) is 5.94. The summed E-state index contributed by atoms with van der Waals surface area (Å²) in [6.07, 6.45) is 0.524. The second-order valence-corrected chi connectivity index (χ2v) is 5.17. The number of aryl methyl sites for hydroxylation is 1. The maximum atomic E-state index is 11.8. The van der Waals surface area contributed by atoms with Gasteiger partial charge >= 0.3 is 0 Å². The van der Waals surface area contributed by atoms with Crippen LogP contribution in [0, 0.1) is 6.92 Å². The highest BCUT2D eigenvalue weighted by molar-refractivity contribution is 6.35. The highest BCUT2D eigenvalue weighted by Gasteiger charge is 2.16. The standard InChI is InChI=1S/C14H13Cl2NO3/c1-8-4-5-20-13(8)14(19)17-7-12(18)10-3-2-9(15)6-11(10)16/h2-6,12,18H,7H2,1H3,(H,17,19)/t12-/m0/s1. The van der Waals surface area contributed by atoms with E-state index in [-0.39, 0.29) is 18.2 Å². The van der Waals surface area contributed by atoms with E-state index in [0.717, 1.165) is 5.56 Å². The minimum atomic E-state index is -0.918.